The van der Waals surface area contributed by atoms with Crippen LogP contribution in [0.15, 0.2) is 43.0 Å². The Morgan fingerprint density at radius 1 is 1.12 bits per heavy atom. The summed E-state index contributed by atoms with van der Waals surface area (Å²) in [5.74, 6) is 1.20. The van der Waals surface area contributed by atoms with Gasteiger partial charge < -0.3 is 9.64 Å². The lowest BCUT2D eigenvalue weighted by Crippen LogP contribution is -2.33. The molecular weight excluding hydrogens is 319 g/mol. The number of piperidine rings is 1. The van der Waals surface area contributed by atoms with E-state index < -0.39 is 5.82 Å². The highest BCUT2D eigenvalue weighted by molar-refractivity contribution is 5.90. The van der Waals surface area contributed by atoms with Crippen LogP contribution < -0.4 is 9.64 Å². The molecule has 0 unspecified atom stereocenters. The van der Waals surface area contributed by atoms with E-state index in [9.17, 15) is 4.39 Å². The van der Waals surface area contributed by atoms with Crippen molar-refractivity contribution in [3.05, 3.63) is 54.4 Å². The number of ether oxygens (including phenoxy) is 1. The lowest BCUT2D eigenvalue weighted by atomic mass is 9.90. The van der Waals surface area contributed by atoms with Crippen LogP contribution in [-0.2, 0) is 0 Å². The molecule has 25 heavy (non-hydrogen) atoms. The van der Waals surface area contributed by atoms with Crippen LogP contribution in [0, 0.1) is 5.82 Å². The summed E-state index contributed by atoms with van der Waals surface area (Å²) < 4.78 is 19.0. The molecule has 2 aromatic heterocycles. The number of methoxy groups -OCH3 is 1. The number of halogens is 1. The fourth-order valence-electron chi connectivity index (χ4n) is 3.51. The molecule has 0 atom stereocenters. The molecule has 0 spiro atoms. The molecule has 128 valence electrons. The van der Waals surface area contributed by atoms with E-state index in [1.54, 1.807) is 6.07 Å². The first-order valence-corrected chi connectivity index (χ1v) is 8.39. The zero-order chi connectivity index (χ0) is 17.2. The van der Waals surface area contributed by atoms with E-state index in [4.69, 9.17) is 4.74 Å². The third-order valence-electron chi connectivity index (χ3n) is 4.86. The molecule has 0 aliphatic carbocycles. The normalized spacial score (nSPS) is 15.5. The third-order valence-corrected chi connectivity index (χ3v) is 4.86. The summed E-state index contributed by atoms with van der Waals surface area (Å²) in [4.78, 5) is 15.0. The second-order valence-corrected chi connectivity index (χ2v) is 6.24. The molecule has 0 radical (unpaired) electrons. The number of pyridine rings is 1. The first-order valence-electron chi connectivity index (χ1n) is 8.39. The Kier molecular flexibility index (Phi) is 4.17. The van der Waals surface area contributed by atoms with Crippen molar-refractivity contribution < 1.29 is 9.13 Å². The van der Waals surface area contributed by atoms with Crippen LogP contribution in [0.5, 0.6) is 5.75 Å². The van der Waals surface area contributed by atoms with Crippen molar-refractivity contribution in [1.82, 2.24) is 15.0 Å². The summed E-state index contributed by atoms with van der Waals surface area (Å²) in [7, 11) is 1.47. The summed E-state index contributed by atoms with van der Waals surface area (Å²) in [6.07, 6.45) is 7.29. The number of hydrogen-bond donors (Lipinski definition) is 0. The minimum atomic E-state index is -0.406. The molecule has 3 heterocycles. The van der Waals surface area contributed by atoms with Gasteiger partial charge in [-0.05, 0) is 42.5 Å². The zero-order valence-electron chi connectivity index (χ0n) is 14.0. The number of fused-ring (bicyclic) bond motifs is 1. The molecule has 0 N–H and O–H groups in total. The second-order valence-electron chi connectivity index (χ2n) is 6.24. The highest BCUT2D eigenvalue weighted by Crippen LogP contribution is 2.33. The Hall–Kier alpha value is -2.76. The molecule has 0 amide bonds. The van der Waals surface area contributed by atoms with Crippen molar-refractivity contribution in [3.63, 3.8) is 0 Å². The van der Waals surface area contributed by atoms with Crippen LogP contribution >= 0.6 is 0 Å². The van der Waals surface area contributed by atoms with Crippen molar-refractivity contribution in [3.8, 4) is 5.75 Å². The lowest BCUT2D eigenvalue weighted by molar-refractivity contribution is 0.387. The SMILES string of the molecule is COc1cc2c(N3CCC(c4ccncc4)CC3)ncnc2cc1F. The molecular formula is C19H19FN4O. The maximum Gasteiger partial charge on any atom is 0.167 e. The highest BCUT2D eigenvalue weighted by atomic mass is 19.1. The Bertz CT molecular complexity index is 879. The Morgan fingerprint density at radius 3 is 2.60 bits per heavy atom. The van der Waals surface area contributed by atoms with Crippen molar-refractivity contribution >= 4 is 16.7 Å². The van der Waals surface area contributed by atoms with Crippen molar-refractivity contribution in [2.45, 2.75) is 18.8 Å². The molecule has 0 bridgehead atoms. The fraction of sp³-hybridized carbons (Fsp3) is 0.316. The van der Waals surface area contributed by atoms with Crippen molar-refractivity contribution in [2.75, 3.05) is 25.1 Å². The van der Waals surface area contributed by atoms with E-state index in [0.29, 0.717) is 11.4 Å². The van der Waals surface area contributed by atoms with Crippen LogP contribution in [0.25, 0.3) is 10.9 Å². The summed E-state index contributed by atoms with van der Waals surface area (Å²) in [5, 5.41) is 0.822. The average Bonchev–Trinajstić information content (AvgIpc) is 2.68. The summed E-state index contributed by atoms with van der Waals surface area (Å²) in [5.41, 5.74) is 1.94. The maximum absolute atomic E-state index is 13.9. The Morgan fingerprint density at radius 2 is 1.88 bits per heavy atom. The number of benzene rings is 1. The monoisotopic (exact) mass is 338 g/mol. The van der Waals surface area contributed by atoms with Crippen LogP contribution in [0.3, 0.4) is 0 Å². The highest BCUT2D eigenvalue weighted by Gasteiger charge is 2.23. The van der Waals surface area contributed by atoms with Gasteiger partial charge in [-0.25, -0.2) is 14.4 Å². The third kappa shape index (κ3) is 2.99. The van der Waals surface area contributed by atoms with Crippen LogP contribution in [-0.4, -0.2) is 35.2 Å². The van der Waals surface area contributed by atoms with Gasteiger partial charge in [-0.1, -0.05) is 0 Å². The van der Waals surface area contributed by atoms with Gasteiger partial charge in [0.15, 0.2) is 11.6 Å². The standard InChI is InChI=1S/C19H19FN4O/c1-25-18-10-15-17(11-16(18)20)22-12-23-19(15)24-8-4-14(5-9-24)13-2-6-21-7-3-13/h2-3,6-7,10-12,14H,4-5,8-9H2,1H3. The second kappa shape index (κ2) is 6.63. The Balaban J connectivity index is 1.61. The number of nitrogens with zero attached hydrogens (tertiary/aromatic N) is 4. The Labute approximate surface area is 145 Å². The van der Waals surface area contributed by atoms with Gasteiger partial charge in [-0.2, -0.15) is 0 Å². The largest absolute Gasteiger partial charge is 0.494 e. The molecule has 0 saturated carbocycles. The van der Waals surface area contributed by atoms with Gasteiger partial charge in [0.2, 0.25) is 0 Å². The van der Waals surface area contributed by atoms with Gasteiger partial charge in [-0.3, -0.25) is 4.98 Å². The van der Waals surface area contributed by atoms with E-state index in [1.165, 1.54) is 25.1 Å². The van der Waals surface area contributed by atoms with Crippen LogP contribution in [0.2, 0.25) is 0 Å². The number of rotatable bonds is 3. The van der Waals surface area contributed by atoms with Crippen LogP contribution in [0.1, 0.15) is 24.3 Å². The van der Waals surface area contributed by atoms with Crippen molar-refractivity contribution in [2.24, 2.45) is 0 Å². The minimum absolute atomic E-state index is 0.218. The first kappa shape index (κ1) is 15.7. The number of aromatic nitrogens is 3. The van der Waals surface area contributed by atoms with Crippen molar-refractivity contribution in [1.29, 1.82) is 0 Å². The van der Waals surface area contributed by atoms with E-state index in [0.717, 1.165) is 37.1 Å². The minimum Gasteiger partial charge on any atom is -0.494 e. The zero-order valence-corrected chi connectivity index (χ0v) is 14.0. The molecule has 1 aromatic carbocycles. The van der Waals surface area contributed by atoms with Crippen LogP contribution in [0.4, 0.5) is 10.2 Å². The topological polar surface area (TPSA) is 51.1 Å². The van der Waals surface area contributed by atoms with Gasteiger partial charge >= 0.3 is 0 Å². The predicted molar refractivity (Wildman–Crippen MR) is 94.5 cm³/mol. The van der Waals surface area contributed by atoms with Gasteiger partial charge in [0.1, 0.15) is 12.1 Å². The van der Waals surface area contributed by atoms with E-state index in [2.05, 4.69) is 32.0 Å². The first-order chi connectivity index (χ1) is 12.3. The summed E-state index contributed by atoms with van der Waals surface area (Å²) in [6, 6.07) is 7.28. The summed E-state index contributed by atoms with van der Waals surface area (Å²) >= 11 is 0. The molecule has 4 rings (SSSR count). The van der Waals surface area contributed by atoms with Gasteiger partial charge in [0, 0.05) is 36.9 Å². The van der Waals surface area contributed by atoms with E-state index in [1.807, 2.05) is 12.4 Å². The molecule has 1 aliphatic heterocycles. The molecule has 1 saturated heterocycles. The molecule has 1 aliphatic rings. The molecule has 1 fully saturated rings. The molecule has 6 heteroatoms. The van der Waals surface area contributed by atoms with E-state index >= 15 is 0 Å². The predicted octanol–water partition coefficient (Wildman–Crippen LogP) is 3.56. The maximum atomic E-state index is 13.9. The average molecular weight is 338 g/mol. The van der Waals surface area contributed by atoms with Gasteiger partial charge in [0.25, 0.3) is 0 Å². The fourth-order valence-corrected chi connectivity index (χ4v) is 3.51. The quantitative estimate of drug-likeness (QED) is 0.731. The molecule has 5 nitrogen and oxygen atoms in total. The number of hydrogen-bond acceptors (Lipinski definition) is 5. The molecule has 3 aromatic rings. The lowest BCUT2D eigenvalue weighted by Gasteiger charge is -2.33. The smallest absolute Gasteiger partial charge is 0.167 e. The van der Waals surface area contributed by atoms with Gasteiger partial charge in [-0.15, -0.1) is 0 Å². The summed E-state index contributed by atoms with van der Waals surface area (Å²) in [6.45, 7) is 1.80. The van der Waals surface area contributed by atoms with Gasteiger partial charge in [0.05, 0.1) is 12.6 Å². The van der Waals surface area contributed by atoms with E-state index in [-0.39, 0.29) is 5.75 Å². The number of anilines is 1.